The highest BCUT2D eigenvalue weighted by Gasteiger charge is 2.13. The van der Waals surface area contributed by atoms with Gasteiger partial charge >= 0.3 is 0 Å². The Bertz CT molecular complexity index is 712. The predicted molar refractivity (Wildman–Crippen MR) is 85.9 cm³/mol. The first-order chi connectivity index (χ1) is 10.5. The standard InChI is InChI=1S/C14H16N4O3S/c1-8-12(22-14(15)17-8)13(19)18-16-7-9-4-5-10(20-2)11(6-9)21-3/h4-7H,1-3H3,(H2,15,17)(H,18,19)/b16-7+. The van der Waals surface area contributed by atoms with Crippen LogP contribution >= 0.6 is 11.3 Å². The van der Waals surface area contributed by atoms with Crippen LogP contribution in [0.3, 0.4) is 0 Å². The van der Waals surface area contributed by atoms with Gasteiger partial charge in [0, 0.05) is 0 Å². The molecule has 0 saturated carbocycles. The van der Waals surface area contributed by atoms with Crippen molar-refractivity contribution in [1.29, 1.82) is 0 Å². The Hall–Kier alpha value is -2.61. The molecule has 2 aromatic rings. The number of nitrogens with two attached hydrogens (primary N) is 1. The predicted octanol–water partition coefficient (Wildman–Crippen LogP) is 1.81. The van der Waals surface area contributed by atoms with Crippen molar-refractivity contribution in [2.45, 2.75) is 6.92 Å². The van der Waals surface area contributed by atoms with Crippen molar-refractivity contribution in [2.75, 3.05) is 20.0 Å². The maximum atomic E-state index is 11.9. The van der Waals surface area contributed by atoms with Crippen LogP contribution in [0.15, 0.2) is 23.3 Å². The molecule has 116 valence electrons. The van der Waals surface area contributed by atoms with Crippen molar-refractivity contribution < 1.29 is 14.3 Å². The van der Waals surface area contributed by atoms with Gasteiger partial charge in [0.25, 0.3) is 5.91 Å². The van der Waals surface area contributed by atoms with Crippen molar-refractivity contribution in [1.82, 2.24) is 10.4 Å². The largest absolute Gasteiger partial charge is 0.493 e. The van der Waals surface area contributed by atoms with Gasteiger partial charge in [-0.05, 0) is 30.7 Å². The van der Waals surface area contributed by atoms with E-state index in [2.05, 4.69) is 15.5 Å². The molecule has 0 radical (unpaired) electrons. The third kappa shape index (κ3) is 3.53. The fourth-order valence-corrected chi connectivity index (χ4v) is 2.50. The van der Waals surface area contributed by atoms with Crippen LogP contribution in [0.1, 0.15) is 20.9 Å². The lowest BCUT2D eigenvalue weighted by atomic mass is 10.2. The second-order valence-electron chi connectivity index (χ2n) is 4.28. The fourth-order valence-electron chi connectivity index (χ4n) is 1.78. The summed E-state index contributed by atoms with van der Waals surface area (Å²) in [6.45, 7) is 1.72. The van der Waals surface area contributed by atoms with Gasteiger partial charge in [-0.15, -0.1) is 0 Å². The quantitative estimate of drug-likeness (QED) is 0.646. The van der Waals surface area contributed by atoms with Crippen LogP contribution < -0.4 is 20.6 Å². The van der Waals surface area contributed by atoms with E-state index >= 15 is 0 Å². The Morgan fingerprint density at radius 1 is 1.36 bits per heavy atom. The average molecular weight is 320 g/mol. The smallest absolute Gasteiger partial charge is 0.283 e. The monoisotopic (exact) mass is 320 g/mol. The third-order valence-electron chi connectivity index (χ3n) is 2.81. The highest BCUT2D eigenvalue weighted by atomic mass is 32.1. The molecule has 8 heteroatoms. The molecule has 1 amide bonds. The molecule has 0 aliphatic rings. The van der Waals surface area contributed by atoms with E-state index in [0.717, 1.165) is 16.9 Å². The molecule has 3 N–H and O–H groups in total. The number of nitrogens with one attached hydrogen (secondary N) is 1. The van der Waals surface area contributed by atoms with Crippen molar-refractivity contribution in [2.24, 2.45) is 5.10 Å². The first kappa shape index (κ1) is 15.8. The fraction of sp³-hybridized carbons (Fsp3) is 0.214. The number of hydrogen-bond donors (Lipinski definition) is 2. The number of nitrogens with zero attached hydrogens (tertiary/aromatic N) is 2. The number of thiazole rings is 1. The Morgan fingerprint density at radius 2 is 2.09 bits per heavy atom. The number of benzene rings is 1. The highest BCUT2D eigenvalue weighted by molar-refractivity contribution is 7.17. The summed E-state index contributed by atoms with van der Waals surface area (Å²) in [7, 11) is 3.12. The lowest BCUT2D eigenvalue weighted by molar-refractivity contribution is 0.0958. The number of aryl methyl sites for hydroxylation is 1. The highest BCUT2D eigenvalue weighted by Crippen LogP contribution is 2.26. The Balaban J connectivity index is 2.06. The maximum Gasteiger partial charge on any atom is 0.283 e. The zero-order valence-corrected chi connectivity index (χ0v) is 13.2. The summed E-state index contributed by atoms with van der Waals surface area (Å²) in [4.78, 5) is 16.4. The molecule has 1 aromatic heterocycles. The number of hydrazone groups is 1. The number of aromatic nitrogens is 1. The van der Waals surface area contributed by atoms with Crippen LogP contribution in [0.25, 0.3) is 0 Å². The Morgan fingerprint density at radius 3 is 2.68 bits per heavy atom. The SMILES string of the molecule is COc1ccc(/C=N/NC(=O)c2sc(N)nc2C)cc1OC. The van der Waals surface area contributed by atoms with E-state index in [-0.39, 0.29) is 5.91 Å². The van der Waals surface area contributed by atoms with E-state index < -0.39 is 0 Å². The Labute approximate surface area is 131 Å². The molecular weight excluding hydrogens is 304 g/mol. The van der Waals surface area contributed by atoms with E-state index in [4.69, 9.17) is 15.2 Å². The van der Waals surface area contributed by atoms with Crippen molar-refractivity contribution in [3.8, 4) is 11.5 Å². The van der Waals surface area contributed by atoms with E-state index in [1.54, 1.807) is 39.3 Å². The van der Waals surface area contributed by atoms with E-state index in [1.807, 2.05) is 0 Å². The normalized spacial score (nSPS) is 10.7. The number of ether oxygens (including phenoxy) is 2. The number of hydrogen-bond acceptors (Lipinski definition) is 7. The second kappa shape index (κ2) is 6.90. The number of nitrogen functional groups attached to an aromatic ring is 1. The Kier molecular flexibility index (Phi) is 4.95. The number of anilines is 1. The molecule has 1 heterocycles. The topological polar surface area (TPSA) is 98.8 Å². The van der Waals surface area contributed by atoms with Gasteiger partial charge in [0.15, 0.2) is 16.6 Å². The number of carbonyl (C=O) groups excluding carboxylic acids is 1. The van der Waals surface area contributed by atoms with Crippen LogP contribution in [0, 0.1) is 6.92 Å². The van der Waals surface area contributed by atoms with Crippen molar-refractivity contribution in [3.63, 3.8) is 0 Å². The van der Waals surface area contributed by atoms with Crippen LogP contribution in [0.2, 0.25) is 0 Å². The van der Waals surface area contributed by atoms with Crippen molar-refractivity contribution in [3.05, 3.63) is 34.3 Å². The molecular formula is C14H16N4O3S. The number of carbonyl (C=O) groups is 1. The summed E-state index contributed by atoms with van der Waals surface area (Å²) in [5, 5.41) is 4.27. The number of methoxy groups -OCH3 is 2. The first-order valence-corrected chi connectivity index (χ1v) is 7.15. The minimum atomic E-state index is -0.344. The molecule has 7 nitrogen and oxygen atoms in total. The summed E-state index contributed by atoms with van der Waals surface area (Å²) in [5.74, 6) is 0.867. The zero-order chi connectivity index (χ0) is 16.1. The maximum absolute atomic E-state index is 11.9. The molecule has 0 atom stereocenters. The van der Waals surface area contributed by atoms with Gasteiger partial charge in [0.2, 0.25) is 0 Å². The first-order valence-electron chi connectivity index (χ1n) is 6.33. The van der Waals surface area contributed by atoms with Gasteiger partial charge < -0.3 is 15.2 Å². The molecule has 0 bridgehead atoms. The summed E-state index contributed by atoms with van der Waals surface area (Å²) in [6, 6.07) is 5.31. The van der Waals surface area contributed by atoms with Crippen LogP contribution in [0.4, 0.5) is 5.13 Å². The minimum absolute atomic E-state index is 0.344. The minimum Gasteiger partial charge on any atom is -0.493 e. The average Bonchev–Trinajstić information content (AvgIpc) is 2.85. The van der Waals surface area contributed by atoms with Gasteiger partial charge in [0.1, 0.15) is 4.88 Å². The van der Waals surface area contributed by atoms with Gasteiger partial charge in [-0.25, -0.2) is 10.4 Å². The van der Waals surface area contributed by atoms with Crippen molar-refractivity contribution >= 4 is 28.6 Å². The van der Waals surface area contributed by atoms with E-state index in [0.29, 0.717) is 27.2 Å². The van der Waals surface area contributed by atoms with E-state index in [9.17, 15) is 4.79 Å². The molecule has 1 aromatic carbocycles. The number of amides is 1. The van der Waals surface area contributed by atoms with Gasteiger partial charge in [-0.2, -0.15) is 5.10 Å². The third-order valence-corrected chi connectivity index (χ3v) is 3.79. The summed E-state index contributed by atoms with van der Waals surface area (Å²) in [6.07, 6.45) is 1.51. The lowest BCUT2D eigenvalue weighted by Gasteiger charge is -2.07. The molecule has 0 spiro atoms. The molecule has 0 fully saturated rings. The van der Waals surface area contributed by atoms with Crippen LogP contribution in [-0.4, -0.2) is 31.3 Å². The van der Waals surface area contributed by atoms with E-state index in [1.165, 1.54) is 6.21 Å². The zero-order valence-electron chi connectivity index (χ0n) is 12.4. The summed E-state index contributed by atoms with van der Waals surface area (Å²) in [5.41, 5.74) is 9.35. The lowest BCUT2D eigenvalue weighted by Crippen LogP contribution is -2.17. The molecule has 22 heavy (non-hydrogen) atoms. The molecule has 0 unspecified atom stereocenters. The van der Waals surface area contributed by atoms with Gasteiger partial charge in [0.05, 0.1) is 26.1 Å². The summed E-state index contributed by atoms with van der Waals surface area (Å²) < 4.78 is 10.3. The summed E-state index contributed by atoms with van der Waals surface area (Å²) >= 11 is 1.12. The molecule has 0 saturated heterocycles. The molecule has 2 rings (SSSR count). The number of rotatable bonds is 5. The van der Waals surface area contributed by atoms with Gasteiger partial charge in [-0.1, -0.05) is 11.3 Å². The molecule has 0 aliphatic heterocycles. The molecule has 0 aliphatic carbocycles. The van der Waals surface area contributed by atoms with Crippen LogP contribution in [-0.2, 0) is 0 Å². The van der Waals surface area contributed by atoms with Crippen LogP contribution in [0.5, 0.6) is 11.5 Å². The second-order valence-corrected chi connectivity index (χ2v) is 5.31. The van der Waals surface area contributed by atoms with Gasteiger partial charge in [-0.3, -0.25) is 4.79 Å².